The number of pyridine rings is 1. The van der Waals surface area contributed by atoms with Crippen molar-refractivity contribution in [3.8, 4) is 17.1 Å². The van der Waals surface area contributed by atoms with Crippen LogP contribution in [0.2, 0.25) is 0 Å². The highest BCUT2D eigenvalue weighted by Gasteiger charge is 2.13. The summed E-state index contributed by atoms with van der Waals surface area (Å²) in [5, 5.41) is 0. The van der Waals surface area contributed by atoms with Crippen LogP contribution in [0.3, 0.4) is 0 Å². The first kappa shape index (κ1) is 21.2. The first-order valence-corrected chi connectivity index (χ1v) is 9.62. The second kappa shape index (κ2) is 10.9. The van der Waals surface area contributed by atoms with E-state index < -0.39 is 0 Å². The summed E-state index contributed by atoms with van der Waals surface area (Å²) in [5.41, 5.74) is 3.88. The molecule has 1 atom stereocenters. The molecule has 0 bridgehead atoms. The molecule has 0 radical (unpaired) electrons. The summed E-state index contributed by atoms with van der Waals surface area (Å²) in [6.45, 7) is 4.92. The molecule has 5 heteroatoms. The fourth-order valence-electron chi connectivity index (χ4n) is 3.01. The van der Waals surface area contributed by atoms with E-state index in [0.29, 0.717) is 25.5 Å². The lowest BCUT2D eigenvalue weighted by Crippen LogP contribution is -2.26. The zero-order valence-electron chi connectivity index (χ0n) is 16.8. The van der Waals surface area contributed by atoms with Crippen molar-refractivity contribution in [3.63, 3.8) is 0 Å². The maximum absolute atomic E-state index is 12.6. The van der Waals surface area contributed by atoms with Crippen LogP contribution in [0.25, 0.3) is 11.3 Å². The van der Waals surface area contributed by atoms with Crippen LogP contribution in [0.1, 0.15) is 37.8 Å². The molecular formula is C22H31NO4. The third kappa shape index (κ3) is 5.94. The van der Waals surface area contributed by atoms with Crippen LogP contribution in [0, 0.1) is 0 Å². The van der Waals surface area contributed by atoms with E-state index in [1.165, 1.54) is 24.5 Å². The molecule has 0 spiro atoms. The molecule has 0 saturated carbocycles. The second-order valence-corrected chi connectivity index (χ2v) is 6.63. The van der Waals surface area contributed by atoms with Crippen LogP contribution in [-0.4, -0.2) is 38.5 Å². The average Bonchev–Trinajstić information content (AvgIpc) is 2.69. The number of rotatable bonds is 11. The van der Waals surface area contributed by atoms with Gasteiger partial charge in [0.05, 0.1) is 12.3 Å². The minimum atomic E-state index is -0.189. The normalized spacial score (nSPS) is 12.1. The number of aromatic nitrogens is 1. The van der Waals surface area contributed by atoms with Crippen molar-refractivity contribution in [2.24, 2.45) is 0 Å². The van der Waals surface area contributed by atoms with Gasteiger partial charge in [0.2, 0.25) is 0 Å². The maximum atomic E-state index is 12.6. The number of hydrogen-bond acceptors (Lipinski definition) is 4. The van der Waals surface area contributed by atoms with Gasteiger partial charge in [0.25, 0.3) is 0 Å². The van der Waals surface area contributed by atoms with Crippen LogP contribution in [0.4, 0.5) is 0 Å². The van der Waals surface area contributed by atoms with Crippen LogP contribution in [-0.2, 0) is 22.3 Å². The van der Waals surface area contributed by atoms with E-state index >= 15 is 0 Å². The van der Waals surface area contributed by atoms with Gasteiger partial charge >= 0.3 is 0 Å². The number of methoxy groups -OCH3 is 2. The smallest absolute Gasteiger partial charge is 0.195 e. The van der Waals surface area contributed by atoms with Gasteiger partial charge in [0.1, 0.15) is 12.7 Å². The third-order valence-electron chi connectivity index (χ3n) is 4.64. The molecule has 0 aliphatic rings. The Morgan fingerprint density at radius 1 is 1.07 bits per heavy atom. The number of aryl methyl sites for hydroxylation is 1. The van der Waals surface area contributed by atoms with Gasteiger partial charge < -0.3 is 19.2 Å². The van der Waals surface area contributed by atoms with Crippen molar-refractivity contribution in [2.75, 3.05) is 27.4 Å². The Hall–Kier alpha value is -2.11. The van der Waals surface area contributed by atoms with E-state index in [0.717, 1.165) is 23.2 Å². The molecule has 2 rings (SSSR count). The fraction of sp³-hybridized carbons (Fsp3) is 0.500. The van der Waals surface area contributed by atoms with Crippen LogP contribution in [0.5, 0.6) is 5.88 Å². The first-order chi connectivity index (χ1) is 13.1. The number of hydrogen-bond donors (Lipinski definition) is 1. The zero-order valence-corrected chi connectivity index (χ0v) is 16.8. The van der Waals surface area contributed by atoms with Crippen molar-refractivity contribution >= 4 is 0 Å². The monoisotopic (exact) mass is 373 g/mol. The average molecular weight is 373 g/mol. The van der Waals surface area contributed by atoms with Gasteiger partial charge in [-0.15, -0.1) is 0 Å². The number of unbranched alkanes of at least 4 members (excludes halogenated alkanes) is 1. The van der Waals surface area contributed by atoms with Crippen molar-refractivity contribution in [1.29, 1.82) is 0 Å². The highest BCUT2D eigenvalue weighted by Crippen LogP contribution is 2.23. The van der Waals surface area contributed by atoms with Crippen molar-refractivity contribution in [3.05, 3.63) is 51.7 Å². The SMILES string of the molecule is CCCCc1ccc(-c2[nH]c(OCC(COC)OC)cc(=O)c2CC)cc1. The molecule has 148 valence electrons. The summed E-state index contributed by atoms with van der Waals surface area (Å²) < 4.78 is 16.2. The number of nitrogens with one attached hydrogen (secondary N) is 1. The second-order valence-electron chi connectivity index (χ2n) is 6.63. The van der Waals surface area contributed by atoms with Gasteiger partial charge in [-0.2, -0.15) is 0 Å². The molecule has 1 heterocycles. The Morgan fingerprint density at radius 3 is 2.41 bits per heavy atom. The highest BCUT2D eigenvalue weighted by atomic mass is 16.6. The summed E-state index contributed by atoms with van der Waals surface area (Å²) in [4.78, 5) is 15.8. The van der Waals surface area contributed by atoms with Crippen molar-refractivity contribution < 1.29 is 14.2 Å². The van der Waals surface area contributed by atoms with Crippen LogP contribution < -0.4 is 10.2 Å². The van der Waals surface area contributed by atoms with Gasteiger partial charge in [-0.05, 0) is 30.4 Å². The Balaban J connectivity index is 2.26. The van der Waals surface area contributed by atoms with Crippen LogP contribution in [0.15, 0.2) is 35.1 Å². The molecule has 0 aliphatic carbocycles. The Bertz CT molecular complexity index is 752. The molecule has 1 unspecified atom stereocenters. The highest BCUT2D eigenvalue weighted by molar-refractivity contribution is 5.64. The molecule has 0 fully saturated rings. The lowest BCUT2D eigenvalue weighted by molar-refractivity contribution is -0.0000357. The maximum Gasteiger partial charge on any atom is 0.195 e. The Labute approximate surface area is 161 Å². The fourth-order valence-corrected chi connectivity index (χ4v) is 3.01. The molecule has 1 N–H and O–H groups in total. The number of ether oxygens (including phenoxy) is 3. The van der Waals surface area contributed by atoms with Gasteiger partial charge in [-0.25, -0.2) is 0 Å². The quantitative estimate of drug-likeness (QED) is 0.647. The largest absolute Gasteiger partial charge is 0.476 e. The summed E-state index contributed by atoms with van der Waals surface area (Å²) in [7, 11) is 3.23. The molecule has 0 amide bonds. The van der Waals surface area contributed by atoms with Crippen LogP contribution >= 0.6 is 0 Å². The Morgan fingerprint density at radius 2 is 1.81 bits per heavy atom. The number of aromatic amines is 1. The summed E-state index contributed by atoms with van der Waals surface area (Å²) >= 11 is 0. The Kier molecular flexibility index (Phi) is 8.55. The van der Waals surface area contributed by atoms with Gasteiger partial charge in [-0.1, -0.05) is 44.5 Å². The lowest BCUT2D eigenvalue weighted by atomic mass is 10.0. The standard InChI is InChI=1S/C22H31NO4/c1-5-7-8-16-9-11-17(12-10-16)22-19(6-2)20(24)13-21(23-22)27-15-18(26-4)14-25-3/h9-13,18H,5-8,14-15H2,1-4H3,(H,23,24). The number of benzene rings is 1. The topological polar surface area (TPSA) is 60.6 Å². The van der Waals surface area contributed by atoms with Crippen molar-refractivity contribution in [2.45, 2.75) is 45.6 Å². The predicted octanol–water partition coefficient (Wildman–Crippen LogP) is 3.99. The van der Waals surface area contributed by atoms with E-state index in [-0.39, 0.29) is 11.5 Å². The molecule has 0 aliphatic heterocycles. The molecule has 1 aromatic heterocycles. The molecule has 5 nitrogen and oxygen atoms in total. The molecule has 2 aromatic rings. The van der Waals surface area contributed by atoms with Gasteiger partial charge in [-0.3, -0.25) is 4.79 Å². The van der Waals surface area contributed by atoms with E-state index in [2.05, 4.69) is 36.2 Å². The van der Waals surface area contributed by atoms with Gasteiger partial charge in [0.15, 0.2) is 11.3 Å². The van der Waals surface area contributed by atoms with E-state index in [1.807, 2.05) is 6.92 Å². The minimum Gasteiger partial charge on any atom is -0.476 e. The predicted molar refractivity (Wildman–Crippen MR) is 109 cm³/mol. The van der Waals surface area contributed by atoms with Crippen molar-refractivity contribution in [1.82, 2.24) is 4.98 Å². The third-order valence-corrected chi connectivity index (χ3v) is 4.64. The molecule has 1 aromatic carbocycles. The molecule has 27 heavy (non-hydrogen) atoms. The van der Waals surface area contributed by atoms with Gasteiger partial charge in [0, 0.05) is 25.8 Å². The summed E-state index contributed by atoms with van der Waals surface area (Å²) in [6, 6.07) is 9.92. The lowest BCUT2D eigenvalue weighted by Gasteiger charge is -2.16. The number of H-pyrrole nitrogens is 1. The first-order valence-electron chi connectivity index (χ1n) is 9.62. The van der Waals surface area contributed by atoms with E-state index in [9.17, 15) is 4.79 Å². The molecular weight excluding hydrogens is 342 g/mol. The summed E-state index contributed by atoms with van der Waals surface area (Å²) in [5.74, 6) is 0.445. The summed E-state index contributed by atoms with van der Waals surface area (Å²) in [6.07, 6.45) is 3.91. The molecule has 0 saturated heterocycles. The van der Waals surface area contributed by atoms with E-state index in [1.54, 1.807) is 14.2 Å². The van der Waals surface area contributed by atoms with E-state index in [4.69, 9.17) is 14.2 Å². The minimum absolute atomic E-state index is 0.0167. The zero-order chi connectivity index (χ0) is 19.6.